The molecule has 29 heavy (non-hydrogen) atoms. The number of hydrogen-bond acceptors (Lipinski definition) is 5. The smallest absolute Gasteiger partial charge is 0.238 e. The van der Waals surface area contributed by atoms with Gasteiger partial charge in [-0.15, -0.1) is 0 Å². The Kier molecular flexibility index (Phi) is 8.03. The summed E-state index contributed by atoms with van der Waals surface area (Å²) in [6, 6.07) is 12.7. The highest BCUT2D eigenvalue weighted by atomic mass is 16.5. The fourth-order valence-electron chi connectivity index (χ4n) is 2.93. The van der Waals surface area contributed by atoms with Crippen molar-refractivity contribution in [2.24, 2.45) is 0 Å². The van der Waals surface area contributed by atoms with Crippen molar-refractivity contribution in [1.29, 1.82) is 0 Å². The molecule has 0 aromatic heterocycles. The van der Waals surface area contributed by atoms with Crippen LogP contribution in [0.25, 0.3) is 0 Å². The molecular formula is C22H29N3O4. The number of amides is 2. The van der Waals surface area contributed by atoms with Crippen LogP contribution in [0.1, 0.15) is 24.1 Å². The number of methoxy groups -OCH3 is 2. The fourth-order valence-corrected chi connectivity index (χ4v) is 2.93. The maximum absolute atomic E-state index is 12.4. The highest BCUT2D eigenvalue weighted by Crippen LogP contribution is 2.29. The minimum absolute atomic E-state index is 0.0952. The number of carbonyl (C=O) groups is 2. The molecule has 0 saturated heterocycles. The zero-order valence-corrected chi connectivity index (χ0v) is 17.6. The van der Waals surface area contributed by atoms with E-state index in [-0.39, 0.29) is 30.9 Å². The summed E-state index contributed by atoms with van der Waals surface area (Å²) >= 11 is 0. The Balaban J connectivity index is 1.87. The summed E-state index contributed by atoms with van der Waals surface area (Å²) in [6.45, 7) is 4.06. The van der Waals surface area contributed by atoms with Crippen molar-refractivity contribution in [3.63, 3.8) is 0 Å². The van der Waals surface area contributed by atoms with Crippen LogP contribution in [0.2, 0.25) is 0 Å². The van der Waals surface area contributed by atoms with Crippen LogP contribution in [-0.2, 0) is 9.59 Å². The van der Waals surface area contributed by atoms with Gasteiger partial charge in [-0.1, -0.05) is 17.7 Å². The first-order valence-electron chi connectivity index (χ1n) is 9.38. The highest BCUT2D eigenvalue weighted by Gasteiger charge is 2.17. The second-order valence-corrected chi connectivity index (χ2v) is 6.98. The molecule has 0 fully saturated rings. The van der Waals surface area contributed by atoms with Gasteiger partial charge in [0.2, 0.25) is 11.8 Å². The lowest BCUT2D eigenvalue weighted by Gasteiger charge is -2.20. The van der Waals surface area contributed by atoms with E-state index in [4.69, 9.17) is 9.47 Å². The molecule has 0 unspecified atom stereocenters. The second kappa shape index (κ2) is 10.5. The molecule has 0 bridgehead atoms. The summed E-state index contributed by atoms with van der Waals surface area (Å²) in [7, 11) is 4.90. The molecule has 7 nitrogen and oxygen atoms in total. The maximum Gasteiger partial charge on any atom is 0.238 e. The molecule has 2 aromatic rings. The van der Waals surface area contributed by atoms with Crippen LogP contribution in [0.3, 0.4) is 0 Å². The molecule has 2 aromatic carbocycles. The number of anilines is 1. The quantitative estimate of drug-likeness (QED) is 0.678. The average molecular weight is 399 g/mol. The molecule has 0 aliphatic rings. The summed E-state index contributed by atoms with van der Waals surface area (Å²) < 4.78 is 10.6. The van der Waals surface area contributed by atoms with Crippen LogP contribution in [-0.4, -0.2) is 51.1 Å². The van der Waals surface area contributed by atoms with Gasteiger partial charge in [0.05, 0.1) is 33.4 Å². The van der Waals surface area contributed by atoms with Crippen molar-refractivity contribution in [3.05, 3.63) is 53.6 Å². The van der Waals surface area contributed by atoms with E-state index in [0.717, 1.165) is 16.8 Å². The SMILES string of the molecule is COc1ccc(OC)c([C@H](C)NC(=O)CN(C)CC(=O)Nc2ccc(C)cc2)c1. The molecule has 0 heterocycles. The summed E-state index contributed by atoms with van der Waals surface area (Å²) in [5.41, 5.74) is 2.68. The highest BCUT2D eigenvalue weighted by molar-refractivity contribution is 5.92. The maximum atomic E-state index is 12.4. The van der Waals surface area contributed by atoms with Gasteiger partial charge >= 0.3 is 0 Å². The van der Waals surface area contributed by atoms with Gasteiger partial charge in [0.1, 0.15) is 11.5 Å². The van der Waals surface area contributed by atoms with Crippen LogP contribution in [0.15, 0.2) is 42.5 Å². The lowest BCUT2D eigenvalue weighted by Crippen LogP contribution is -2.39. The number of rotatable bonds is 9. The van der Waals surface area contributed by atoms with Gasteiger partial charge in [0.15, 0.2) is 0 Å². The Morgan fingerprint density at radius 3 is 2.28 bits per heavy atom. The van der Waals surface area contributed by atoms with Crippen molar-refractivity contribution in [1.82, 2.24) is 10.2 Å². The number of carbonyl (C=O) groups excluding carboxylic acids is 2. The molecule has 156 valence electrons. The van der Waals surface area contributed by atoms with Crippen LogP contribution in [0, 0.1) is 6.92 Å². The number of nitrogens with zero attached hydrogens (tertiary/aromatic N) is 1. The summed E-state index contributed by atoms with van der Waals surface area (Å²) in [5, 5.41) is 5.76. The molecular weight excluding hydrogens is 370 g/mol. The van der Waals surface area contributed by atoms with Gasteiger partial charge < -0.3 is 20.1 Å². The Morgan fingerprint density at radius 2 is 1.66 bits per heavy atom. The molecule has 2 amide bonds. The normalized spacial score (nSPS) is 11.7. The molecule has 0 radical (unpaired) electrons. The van der Waals surface area contributed by atoms with E-state index in [2.05, 4.69) is 10.6 Å². The molecule has 0 spiro atoms. The summed E-state index contributed by atoms with van der Waals surface area (Å²) in [6.07, 6.45) is 0. The van der Waals surface area contributed by atoms with Gasteiger partial charge in [-0.3, -0.25) is 14.5 Å². The first kappa shape index (κ1) is 22.2. The van der Waals surface area contributed by atoms with Gasteiger partial charge in [-0.05, 0) is 51.2 Å². The van der Waals surface area contributed by atoms with Crippen LogP contribution in [0.4, 0.5) is 5.69 Å². The van der Waals surface area contributed by atoms with Gasteiger partial charge in [0, 0.05) is 11.3 Å². The van der Waals surface area contributed by atoms with Gasteiger partial charge in [-0.2, -0.15) is 0 Å². The van der Waals surface area contributed by atoms with Crippen molar-refractivity contribution >= 4 is 17.5 Å². The average Bonchev–Trinajstić information content (AvgIpc) is 2.68. The molecule has 2 rings (SSSR count). The third-order valence-electron chi connectivity index (χ3n) is 4.44. The molecule has 7 heteroatoms. The van der Waals surface area contributed by atoms with Crippen molar-refractivity contribution in [2.45, 2.75) is 19.9 Å². The molecule has 1 atom stereocenters. The number of ether oxygens (including phenoxy) is 2. The third kappa shape index (κ3) is 6.80. The first-order chi connectivity index (χ1) is 13.8. The van der Waals surface area contributed by atoms with E-state index >= 15 is 0 Å². The first-order valence-corrected chi connectivity index (χ1v) is 9.38. The minimum atomic E-state index is -0.276. The lowest BCUT2D eigenvalue weighted by molar-refractivity contribution is -0.123. The predicted octanol–water partition coefficient (Wildman–Crippen LogP) is 2.76. The van der Waals surface area contributed by atoms with E-state index in [9.17, 15) is 9.59 Å². The third-order valence-corrected chi connectivity index (χ3v) is 4.44. The standard InChI is InChI=1S/C22H29N3O4/c1-15-6-8-17(9-7-15)24-22(27)14-25(3)13-21(26)23-16(2)19-12-18(28-4)10-11-20(19)29-5/h6-12,16H,13-14H2,1-5H3,(H,23,26)(H,24,27)/t16-/m0/s1. The monoisotopic (exact) mass is 399 g/mol. The number of aryl methyl sites for hydroxylation is 1. The zero-order valence-electron chi connectivity index (χ0n) is 17.6. The largest absolute Gasteiger partial charge is 0.497 e. The van der Waals surface area contributed by atoms with Gasteiger partial charge in [-0.25, -0.2) is 0 Å². The van der Waals surface area contributed by atoms with Crippen molar-refractivity contribution in [3.8, 4) is 11.5 Å². The van der Waals surface area contributed by atoms with E-state index in [1.165, 1.54) is 0 Å². The van der Waals surface area contributed by atoms with E-state index in [0.29, 0.717) is 11.5 Å². The van der Waals surface area contributed by atoms with Gasteiger partial charge in [0.25, 0.3) is 0 Å². The van der Waals surface area contributed by atoms with E-state index < -0.39 is 0 Å². The Morgan fingerprint density at radius 1 is 1.00 bits per heavy atom. The summed E-state index contributed by atoms with van der Waals surface area (Å²) in [4.78, 5) is 26.2. The summed E-state index contributed by atoms with van der Waals surface area (Å²) in [5.74, 6) is 0.996. The Hall–Kier alpha value is -3.06. The zero-order chi connectivity index (χ0) is 21.4. The van der Waals surface area contributed by atoms with Crippen LogP contribution < -0.4 is 20.1 Å². The van der Waals surface area contributed by atoms with Crippen molar-refractivity contribution in [2.75, 3.05) is 39.7 Å². The van der Waals surface area contributed by atoms with Crippen LogP contribution in [0.5, 0.6) is 11.5 Å². The number of nitrogens with one attached hydrogen (secondary N) is 2. The fraction of sp³-hybridized carbons (Fsp3) is 0.364. The molecule has 0 saturated carbocycles. The second-order valence-electron chi connectivity index (χ2n) is 6.98. The van der Waals surface area contributed by atoms with E-state index in [1.54, 1.807) is 38.3 Å². The Bertz CT molecular complexity index is 836. The molecule has 0 aliphatic carbocycles. The topological polar surface area (TPSA) is 79.9 Å². The van der Waals surface area contributed by atoms with Crippen molar-refractivity contribution < 1.29 is 19.1 Å². The van der Waals surface area contributed by atoms with Crippen LogP contribution >= 0.6 is 0 Å². The molecule has 2 N–H and O–H groups in total. The predicted molar refractivity (Wildman–Crippen MR) is 113 cm³/mol. The minimum Gasteiger partial charge on any atom is -0.497 e. The van der Waals surface area contributed by atoms with E-state index in [1.807, 2.05) is 44.2 Å². The number of hydrogen-bond donors (Lipinski definition) is 2. The number of benzene rings is 2. The lowest BCUT2D eigenvalue weighted by atomic mass is 10.1. The number of likely N-dealkylation sites (N-methyl/N-ethyl adjacent to an activating group) is 1. The Labute approximate surface area is 172 Å². The molecule has 0 aliphatic heterocycles.